The van der Waals surface area contributed by atoms with Crippen molar-refractivity contribution in [1.82, 2.24) is 9.46 Å². The van der Waals surface area contributed by atoms with E-state index in [2.05, 4.69) is 5.16 Å². The Hall–Kier alpha value is -1.18. The molecule has 2 heterocycles. The van der Waals surface area contributed by atoms with Crippen molar-refractivity contribution < 1.29 is 12.9 Å². The Bertz CT molecular complexity index is 587. The number of nitrogens with zero attached hydrogens (tertiary/aromatic N) is 2. The lowest BCUT2D eigenvalue weighted by Crippen LogP contribution is -2.25. The predicted octanol–water partition coefficient (Wildman–Crippen LogP) is 1.87. The van der Waals surface area contributed by atoms with Crippen LogP contribution in [-0.4, -0.2) is 24.9 Å². The van der Waals surface area contributed by atoms with Gasteiger partial charge in [-0.2, -0.15) is 4.31 Å². The molecule has 17 heavy (non-hydrogen) atoms. The minimum Gasteiger partial charge on any atom is -0.361 e. The van der Waals surface area contributed by atoms with E-state index in [0.29, 0.717) is 15.7 Å². The van der Waals surface area contributed by atoms with Crippen LogP contribution in [0.15, 0.2) is 32.3 Å². The minimum absolute atomic E-state index is 0.206. The Kier molecular flexibility index (Phi) is 3.32. The highest BCUT2D eigenvalue weighted by Gasteiger charge is 2.22. The lowest BCUT2D eigenvalue weighted by Gasteiger charge is -2.13. The number of aryl methyl sites for hydroxylation is 1. The molecule has 0 saturated heterocycles. The van der Waals surface area contributed by atoms with E-state index in [1.807, 2.05) is 0 Å². The predicted molar refractivity (Wildman–Crippen MR) is 64.2 cm³/mol. The number of thiophene rings is 1. The van der Waals surface area contributed by atoms with E-state index >= 15 is 0 Å². The number of sulfonamides is 1. The Morgan fingerprint density at radius 3 is 2.82 bits per heavy atom. The van der Waals surface area contributed by atoms with Crippen molar-refractivity contribution in [3.05, 3.63) is 35.0 Å². The van der Waals surface area contributed by atoms with Gasteiger partial charge in [-0.15, -0.1) is 11.3 Å². The topological polar surface area (TPSA) is 63.4 Å². The van der Waals surface area contributed by atoms with Crippen LogP contribution in [0.5, 0.6) is 0 Å². The molecule has 2 aromatic rings. The van der Waals surface area contributed by atoms with Crippen molar-refractivity contribution in [1.29, 1.82) is 0 Å². The molecule has 0 spiro atoms. The summed E-state index contributed by atoms with van der Waals surface area (Å²) in [5.41, 5.74) is 0.602. The molecule has 0 unspecified atom stereocenters. The molecule has 2 aromatic heterocycles. The number of aromatic nitrogens is 1. The van der Waals surface area contributed by atoms with E-state index in [0.717, 1.165) is 0 Å². The molecular formula is C10H12N2O3S2. The third-order valence-electron chi connectivity index (χ3n) is 2.22. The van der Waals surface area contributed by atoms with Crippen molar-refractivity contribution in [3.8, 4) is 0 Å². The highest BCUT2D eigenvalue weighted by atomic mass is 32.2. The van der Waals surface area contributed by atoms with Crippen LogP contribution < -0.4 is 0 Å². The Morgan fingerprint density at radius 2 is 2.29 bits per heavy atom. The largest absolute Gasteiger partial charge is 0.361 e. The van der Waals surface area contributed by atoms with E-state index in [1.165, 1.54) is 22.7 Å². The first-order valence-electron chi connectivity index (χ1n) is 4.92. The van der Waals surface area contributed by atoms with E-state index in [4.69, 9.17) is 4.52 Å². The van der Waals surface area contributed by atoms with Crippen LogP contribution >= 0.6 is 11.3 Å². The molecule has 0 aliphatic carbocycles. The van der Waals surface area contributed by atoms with Gasteiger partial charge < -0.3 is 4.52 Å². The summed E-state index contributed by atoms with van der Waals surface area (Å²) in [4.78, 5) is 0. The fourth-order valence-electron chi connectivity index (χ4n) is 1.37. The molecule has 0 N–H and O–H groups in total. The summed E-state index contributed by atoms with van der Waals surface area (Å²) in [6.45, 7) is 1.97. The molecule has 0 aliphatic rings. The first-order valence-corrected chi connectivity index (χ1v) is 7.24. The van der Waals surface area contributed by atoms with Crippen LogP contribution in [0.1, 0.15) is 11.5 Å². The summed E-state index contributed by atoms with van der Waals surface area (Å²) in [5, 5.41) is 5.51. The van der Waals surface area contributed by atoms with E-state index in [9.17, 15) is 8.42 Å². The Balaban J connectivity index is 2.18. The van der Waals surface area contributed by atoms with Crippen LogP contribution in [0.4, 0.5) is 0 Å². The second-order valence-electron chi connectivity index (χ2n) is 3.62. The van der Waals surface area contributed by atoms with Gasteiger partial charge in [-0.25, -0.2) is 8.42 Å². The average Bonchev–Trinajstić information content (AvgIpc) is 2.89. The quantitative estimate of drug-likeness (QED) is 0.852. The van der Waals surface area contributed by atoms with Gasteiger partial charge in [0.15, 0.2) is 0 Å². The molecule has 2 rings (SSSR count). The third-order valence-corrected chi connectivity index (χ3v) is 5.40. The van der Waals surface area contributed by atoms with Crippen molar-refractivity contribution in [2.24, 2.45) is 0 Å². The fraction of sp³-hybridized carbons (Fsp3) is 0.300. The van der Waals surface area contributed by atoms with Crippen LogP contribution in [0, 0.1) is 6.92 Å². The summed E-state index contributed by atoms with van der Waals surface area (Å²) in [6, 6.07) is 5.02. The first-order chi connectivity index (χ1) is 8.00. The van der Waals surface area contributed by atoms with Gasteiger partial charge in [-0.05, 0) is 18.4 Å². The second-order valence-corrected chi connectivity index (χ2v) is 6.84. The maximum Gasteiger partial charge on any atom is 0.252 e. The highest BCUT2D eigenvalue weighted by molar-refractivity contribution is 7.91. The summed E-state index contributed by atoms with van der Waals surface area (Å²) < 4.78 is 30.7. The van der Waals surface area contributed by atoms with Crippen LogP contribution in [-0.2, 0) is 16.6 Å². The van der Waals surface area contributed by atoms with Crippen LogP contribution in [0.25, 0.3) is 0 Å². The number of hydrogen-bond acceptors (Lipinski definition) is 5. The standard InChI is InChI=1S/C10H12N2O3S2/c1-8-6-9(11-15-8)7-12(2)17(13,14)10-4-3-5-16-10/h3-6H,7H2,1-2H3. The number of rotatable bonds is 4. The smallest absolute Gasteiger partial charge is 0.252 e. The van der Waals surface area contributed by atoms with Gasteiger partial charge in [0.2, 0.25) is 0 Å². The highest BCUT2D eigenvalue weighted by Crippen LogP contribution is 2.21. The lowest BCUT2D eigenvalue weighted by atomic mass is 10.4. The molecular weight excluding hydrogens is 260 g/mol. The molecule has 5 nitrogen and oxygen atoms in total. The van der Waals surface area contributed by atoms with E-state index in [-0.39, 0.29) is 6.54 Å². The molecule has 7 heteroatoms. The molecule has 92 valence electrons. The maximum atomic E-state index is 12.1. The molecule has 0 fully saturated rings. The zero-order chi connectivity index (χ0) is 12.5. The monoisotopic (exact) mass is 272 g/mol. The van der Waals surface area contributed by atoms with Gasteiger partial charge in [-0.3, -0.25) is 0 Å². The van der Waals surface area contributed by atoms with Gasteiger partial charge in [0.25, 0.3) is 10.0 Å². The van der Waals surface area contributed by atoms with Gasteiger partial charge in [0.05, 0.1) is 12.2 Å². The lowest BCUT2D eigenvalue weighted by molar-refractivity contribution is 0.378. The summed E-state index contributed by atoms with van der Waals surface area (Å²) in [5.74, 6) is 0.668. The van der Waals surface area contributed by atoms with Crippen molar-refractivity contribution >= 4 is 21.4 Å². The summed E-state index contributed by atoms with van der Waals surface area (Å²) in [7, 11) is -1.89. The second kappa shape index (κ2) is 4.59. The summed E-state index contributed by atoms with van der Waals surface area (Å²) in [6.07, 6.45) is 0. The van der Waals surface area contributed by atoms with E-state index in [1.54, 1.807) is 30.5 Å². The van der Waals surface area contributed by atoms with E-state index < -0.39 is 10.0 Å². The number of hydrogen-bond donors (Lipinski definition) is 0. The molecule has 0 radical (unpaired) electrons. The van der Waals surface area contributed by atoms with Crippen molar-refractivity contribution in [2.45, 2.75) is 17.7 Å². The zero-order valence-electron chi connectivity index (χ0n) is 9.45. The van der Waals surface area contributed by atoms with Crippen LogP contribution in [0.3, 0.4) is 0 Å². The normalized spacial score (nSPS) is 12.2. The van der Waals surface area contributed by atoms with Gasteiger partial charge in [-0.1, -0.05) is 11.2 Å². The Morgan fingerprint density at radius 1 is 1.53 bits per heavy atom. The van der Waals surface area contributed by atoms with Crippen molar-refractivity contribution in [3.63, 3.8) is 0 Å². The minimum atomic E-state index is -3.41. The van der Waals surface area contributed by atoms with Crippen LogP contribution in [0.2, 0.25) is 0 Å². The first kappa shape index (κ1) is 12.3. The fourth-order valence-corrected chi connectivity index (χ4v) is 3.71. The Labute approximate surface area is 104 Å². The van der Waals surface area contributed by atoms with Gasteiger partial charge in [0.1, 0.15) is 9.97 Å². The zero-order valence-corrected chi connectivity index (χ0v) is 11.1. The maximum absolute atomic E-state index is 12.1. The molecule has 0 aromatic carbocycles. The molecule has 0 amide bonds. The molecule has 0 atom stereocenters. The SMILES string of the molecule is Cc1cc(CN(C)S(=O)(=O)c2cccs2)no1. The average molecular weight is 272 g/mol. The molecule has 0 aliphatic heterocycles. The van der Waals surface area contributed by atoms with Gasteiger partial charge in [0, 0.05) is 13.1 Å². The van der Waals surface area contributed by atoms with Crippen molar-refractivity contribution in [2.75, 3.05) is 7.05 Å². The third kappa shape index (κ3) is 2.56. The molecule has 0 saturated carbocycles. The molecule has 0 bridgehead atoms. The van der Waals surface area contributed by atoms with Gasteiger partial charge >= 0.3 is 0 Å². The summed E-state index contributed by atoms with van der Waals surface area (Å²) >= 11 is 1.20.